The molecule has 0 amide bonds. The summed E-state index contributed by atoms with van der Waals surface area (Å²) in [5.41, 5.74) is 6.58. The Kier molecular flexibility index (Phi) is 6.70. The number of aromatic nitrogens is 3. The second-order valence-electron chi connectivity index (χ2n) is 8.83. The van der Waals surface area contributed by atoms with Gasteiger partial charge in [0, 0.05) is 32.3 Å². The summed E-state index contributed by atoms with van der Waals surface area (Å²) >= 11 is 13.0. The van der Waals surface area contributed by atoms with E-state index in [0.717, 1.165) is 38.9 Å². The molecule has 0 aliphatic carbocycles. The summed E-state index contributed by atoms with van der Waals surface area (Å²) in [4.78, 5) is 14.7. The van der Waals surface area contributed by atoms with Crippen molar-refractivity contribution in [2.45, 2.75) is 0 Å². The van der Waals surface area contributed by atoms with Gasteiger partial charge in [-0.25, -0.2) is 15.0 Å². The first-order valence-corrected chi connectivity index (χ1v) is 12.9. The van der Waals surface area contributed by atoms with Crippen LogP contribution in [0.2, 0.25) is 10.0 Å². The molecular formula is C33H21Cl2N3. The van der Waals surface area contributed by atoms with Gasteiger partial charge < -0.3 is 0 Å². The van der Waals surface area contributed by atoms with Crippen LogP contribution in [-0.4, -0.2) is 15.0 Å². The minimum absolute atomic E-state index is 0.579. The average molecular weight is 530 g/mol. The fourth-order valence-electron chi connectivity index (χ4n) is 4.37. The van der Waals surface area contributed by atoms with Crippen LogP contribution in [-0.2, 0) is 0 Å². The van der Waals surface area contributed by atoms with E-state index in [0.29, 0.717) is 27.5 Å². The van der Waals surface area contributed by atoms with Crippen molar-refractivity contribution in [1.29, 1.82) is 0 Å². The second-order valence-corrected chi connectivity index (χ2v) is 9.67. The van der Waals surface area contributed by atoms with Gasteiger partial charge in [-0.3, -0.25) is 0 Å². The first kappa shape index (κ1) is 24.1. The van der Waals surface area contributed by atoms with Gasteiger partial charge in [0.2, 0.25) is 0 Å². The summed E-state index contributed by atoms with van der Waals surface area (Å²) in [5, 5.41) is 1.24. The smallest absolute Gasteiger partial charge is 0.164 e. The SMILES string of the molecule is Clc1ccc(Cl)c(-c2cc(-c3ccccc3)cc(-c3nc(-c4ccccc4)nc(-c4ccccc4)n3)c2)c1. The van der Waals surface area contributed by atoms with Gasteiger partial charge in [0.15, 0.2) is 17.5 Å². The van der Waals surface area contributed by atoms with E-state index in [1.165, 1.54) is 0 Å². The van der Waals surface area contributed by atoms with E-state index < -0.39 is 0 Å². The van der Waals surface area contributed by atoms with Crippen molar-refractivity contribution in [2.75, 3.05) is 0 Å². The van der Waals surface area contributed by atoms with Crippen LogP contribution >= 0.6 is 23.2 Å². The van der Waals surface area contributed by atoms with Crippen LogP contribution in [0.5, 0.6) is 0 Å². The van der Waals surface area contributed by atoms with E-state index in [9.17, 15) is 0 Å². The topological polar surface area (TPSA) is 38.7 Å². The van der Waals surface area contributed by atoms with E-state index >= 15 is 0 Å². The highest BCUT2D eigenvalue weighted by Crippen LogP contribution is 2.37. The number of rotatable bonds is 5. The van der Waals surface area contributed by atoms with E-state index in [-0.39, 0.29) is 0 Å². The lowest BCUT2D eigenvalue weighted by molar-refractivity contribution is 1.07. The first-order valence-electron chi connectivity index (χ1n) is 12.2. The minimum Gasteiger partial charge on any atom is -0.208 e. The van der Waals surface area contributed by atoms with Gasteiger partial charge in [-0.15, -0.1) is 0 Å². The Morgan fingerprint density at radius 2 is 0.816 bits per heavy atom. The lowest BCUT2D eigenvalue weighted by Crippen LogP contribution is -2.00. The monoisotopic (exact) mass is 529 g/mol. The van der Waals surface area contributed by atoms with Gasteiger partial charge >= 0.3 is 0 Å². The summed E-state index contributed by atoms with van der Waals surface area (Å²) in [6, 6.07) is 41.9. The van der Waals surface area contributed by atoms with Crippen molar-refractivity contribution >= 4 is 23.2 Å². The van der Waals surface area contributed by atoms with Gasteiger partial charge in [0.05, 0.1) is 0 Å². The van der Waals surface area contributed by atoms with Gasteiger partial charge in [0.25, 0.3) is 0 Å². The Hall–Kier alpha value is -4.31. The largest absolute Gasteiger partial charge is 0.208 e. The van der Waals surface area contributed by atoms with Crippen LogP contribution in [0.15, 0.2) is 127 Å². The lowest BCUT2D eigenvalue weighted by Gasteiger charge is -2.13. The van der Waals surface area contributed by atoms with Crippen molar-refractivity contribution in [2.24, 2.45) is 0 Å². The molecule has 38 heavy (non-hydrogen) atoms. The van der Waals surface area contributed by atoms with Crippen LogP contribution in [0.1, 0.15) is 0 Å². The molecule has 0 unspecified atom stereocenters. The maximum absolute atomic E-state index is 6.64. The normalized spacial score (nSPS) is 10.9. The van der Waals surface area contributed by atoms with E-state index in [1.807, 2.05) is 91.0 Å². The molecule has 0 atom stereocenters. The summed E-state index contributed by atoms with van der Waals surface area (Å²) in [5.74, 6) is 1.80. The lowest BCUT2D eigenvalue weighted by atomic mass is 9.95. The van der Waals surface area contributed by atoms with E-state index in [2.05, 4.69) is 30.3 Å². The van der Waals surface area contributed by atoms with Crippen molar-refractivity contribution in [3.05, 3.63) is 137 Å². The molecule has 6 rings (SSSR count). The molecule has 0 spiro atoms. The third-order valence-electron chi connectivity index (χ3n) is 6.24. The third-order valence-corrected chi connectivity index (χ3v) is 6.80. The predicted molar refractivity (Wildman–Crippen MR) is 157 cm³/mol. The molecule has 5 heteroatoms. The highest BCUT2D eigenvalue weighted by molar-refractivity contribution is 6.35. The molecule has 0 radical (unpaired) electrons. The number of halogens is 2. The van der Waals surface area contributed by atoms with Crippen LogP contribution in [0.3, 0.4) is 0 Å². The molecule has 1 aromatic heterocycles. The number of benzene rings is 5. The van der Waals surface area contributed by atoms with Gasteiger partial charge in [-0.2, -0.15) is 0 Å². The number of hydrogen-bond donors (Lipinski definition) is 0. The summed E-state index contributed by atoms with van der Waals surface area (Å²) < 4.78 is 0. The Labute approximate surface area is 231 Å². The second kappa shape index (κ2) is 10.6. The Bertz CT molecular complexity index is 1660. The quantitative estimate of drug-likeness (QED) is 0.223. The summed E-state index contributed by atoms with van der Waals surface area (Å²) in [6.07, 6.45) is 0. The molecule has 0 fully saturated rings. The van der Waals surface area contributed by atoms with E-state index in [4.69, 9.17) is 38.2 Å². The molecular weight excluding hydrogens is 509 g/mol. The third kappa shape index (κ3) is 5.08. The zero-order valence-corrected chi connectivity index (χ0v) is 21.7. The fourth-order valence-corrected chi connectivity index (χ4v) is 4.76. The van der Waals surface area contributed by atoms with Crippen molar-refractivity contribution in [3.63, 3.8) is 0 Å². The number of nitrogens with zero attached hydrogens (tertiary/aromatic N) is 3. The highest BCUT2D eigenvalue weighted by atomic mass is 35.5. The Balaban J connectivity index is 1.60. The molecule has 0 bridgehead atoms. The summed E-state index contributed by atoms with van der Waals surface area (Å²) in [6.45, 7) is 0. The number of hydrogen-bond acceptors (Lipinski definition) is 3. The van der Waals surface area contributed by atoms with E-state index in [1.54, 1.807) is 6.07 Å². The highest BCUT2D eigenvalue weighted by Gasteiger charge is 2.15. The first-order chi connectivity index (χ1) is 18.6. The average Bonchev–Trinajstić information content (AvgIpc) is 2.99. The maximum atomic E-state index is 6.64. The summed E-state index contributed by atoms with van der Waals surface area (Å²) in [7, 11) is 0. The molecule has 0 aliphatic heterocycles. The van der Waals surface area contributed by atoms with Crippen molar-refractivity contribution < 1.29 is 0 Å². The molecule has 182 valence electrons. The fraction of sp³-hybridized carbons (Fsp3) is 0. The molecule has 0 aliphatic rings. The molecule has 6 aromatic rings. The molecule has 3 nitrogen and oxygen atoms in total. The van der Waals surface area contributed by atoms with Crippen molar-refractivity contribution in [3.8, 4) is 56.4 Å². The molecule has 0 saturated carbocycles. The molecule has 5 aromatic carbocycles. The maximum Gasteiger partial charge on any atom is 0.164 e. The molecule has 0 saturated heterocycles. The van der Waals surface area contributed by atoms with Crippen LogP contribution in [0.4, 0.5) is 0 Å². The zero-order chi connectivity index (χ0) is 25.9. The standard InChI is InChI=1S/C33H21Cl2N3/c34-28-16-17-30(35)29(21-28)26-18-25(22-10-4-1-5-11-22)19-27(20-26)33-37-31(23-12-6-2-7-13-23)36-32(38-33)24-14-8-3-9-15-24/h1-21H. The van der Waals surface area contributed by atoms with Crippen molar-refractivity contribution in [1.82, 2.24) is 15.0 Å². The predicted octanol–water partition coefficient (Wildman–Crippen LogP) is 9.51. The van der Waals surface area contributed by atoms with Crippen LogP contribution in [0.25, 0.3) is 56.4 Å². The Morgan fingerprint density at radius 1 is 0.368 bits per heavy atom. The molecule has 0 N–H and O–H groups in total. The Morgan fingerprint density at radius 3 is 1.37 bits per heavy atom. The van der Waals surface area contributed by atoms with Gasteiger partial charge in [-0.1, -0.05) is 114 Å². The van der Waals surface area contributed by atoms with Gasteiger partial charge in [0.1, 0.15) is 0 Å². The van der Waals surface area contributed by atoms with Gasteiger partial charge in [-0.05, 0) is 53.1 Å². The zero-order valence-electron chi connectivity index (χ0n) is 20.2. The van der Waals surface area contributed by atoms with Crippen LogP contribution < -0.4 is 0 Å². The minimum atomic E-state index is 0.579. The van der Waals surface area contributed by atoms with Crippen LogP contribution in [0, 0.1) is 0 Å². The molecule has 1 heterocycles.